The predicted octanol–water partition coefficient (Wildman–Crippen LogP) is 4.70. The second-order valence-electron chi connectivity index (χ2n) is 13.8. The number of aryl methyl sites for hydroxylation is 2. The van der Waals surface area contributed by atoms with E-state index in [4.69, 9.17) is 9.47 Å². The Bertz CT molecular complexity index is 1630. The van der Waals surface area contributed by atoms with Crippen LogP contribution in [-0.4, -0.2) is 63.4 Å². The number of ether oxygens (including phenoxy) is 2. The van der Waals surface area contributed by atoms with Crippen LogP contribution in [0.2, 0.25) is 0 Å². The highest BCUT2D eigenvalue weighted by atomic mass is 19.1. The number of nitrogens with one attached hydrogen (secondary N) is 2. The number of nitrogens with zero attached hydrogens (tertiary/aromatic N) is 2. The summed E-state index contributed by atoms with van der Waals surface area (Å²) in [6.07, 6.45) is 2.06. The normalized spacial score (nSPS) is 23.2. The number of hydrogen-bond donors (Lipinski definition) is 2. The molecule has 1 saturated carbocycles. The van der Waals surface area contributed by atoms with E-state index in [1.165, 1.54) is 12.1 Å². The fourth-order valence-electron chi connectivity index (χ4n) is 6.82. The van der Waals surface area contributed by atoms with E-state index in [0.29, 0.717) is 43.4 Å². The molecule has 1 saturated heterocycles. The van der Waals surface area contributed by atoms with Crippen LogP contribution in [0.5, 0.6) is 0 Å². The Morgan fingerprint density at radius 2 is 1.78 bits per heavy atom. The molecule has 2 heterocycles. The molecule has 2 aromatic rings. The van der Waals surface area contributed by atoms with E-state index in [-0.39, 0.29) is 30.7 Å². The van der Waals surface area contributed by atoms with Gasteiger partial charge in [-0.3, -0.25) is 14.4 Å². The highest BCUT2D eigenvalue weighted by Gasteiger charge is 2.58. The Labute approximate surface area is 266 Å². The van der Waals surface area contributed by atoms with Gasteiger partial charge in [-0.2, -0.15) is 0 Å². The Kier molecular flexibility index (Phi) is 7.80. The Balaban J connectivity index is 1.14. The van der Waals surface area contributed by atoms with Crippen molar-refractivity contribution in [3.05, 3.63) is 64.5 Å². The van der Waals surface area contributed by atoms with Crippen LogP contribution in [0.15, 0.2) is 36.4 Å². The Morgan fingerprint density at radius 3 is 2.48 bits per heavy atom. The molecule has 2 aliphatic carbocycles. The van der Waals surface area contributed by atoms with Crippen molar-refractivity contribution in [2.24, 2.45) is 0 Å². The fraction of sp³-hybridized carbons (Fsp3) is 0.500. The van der Waals surface area contributed by atoms with Crippen molar-refractivity contribution in [1.82, 2.24) is 15.1 Å². The molecule has 11 nitrogen and oxygen atoms in total. The number of carbonyl (C=O) groups excluding carboxylic acids is 5. The summed E-state index contributed by atoms with van der Waals surface area (Å²) >= 11 is 0. The van der Waals surface area contributed by atoms with Crippen molar-refractivity contribution in [1.29, 1.82) is 0 Å². The lowest BCUT2D eigenvalue weighted by atomic mass is 9.76. The third-order valence-electron chi connectivity index (χ3n) is 9.49. The van der Waals surface area contributed by atoms with Crippen molar-refractivity contribution in [2.45, 2.75) is 102 Å². The summed E-state index contributed by atoms with van der Waals surface area (Å²) in [5.41, 5.74) is 0.0955. The lowest BCUT2D eigenvalue weighted by Gasteiger charge is -2.40. The second kappa shape index (κ2) is 11.4. The number of anilines is 1. The average Bonchev–Trinajstić information content (AvgIpc) is 3.36. The number of carbonyl (C=O) groups is 5. The van der Waals surface area contributed by atoms with Gasteiger partial charge in [-0.25, -0.2) is 18.9 Å². The van der Waals surface area contributed by atoms with E-state index < -0.39 is 47.3 Å². The van der Waals surface area contributed by atoms with Crippen LogP contribution in [0.3, 0.4) is 0 Å². The molecular weight excluding hydrogens is 595 g/mol. The van der Waals surface area contributed by atoms with Gasteiger partial charge < -0.3 is 25.0 Å². The number of benzene rings is 2. The van der Waals surface area contributed by atoms with E-state index >= 15 is 0 Å². The SMILES string of the molecule is C[C@@H]1CCc2cc(F)ccc2CN1C(=O)CN1C(=O)OC2(CCc3cc(NC(=O)C4(NC(=O)OC(C)(C)C)CCC4)ccc32)C1=O. The molecule has 2 aromatic carbocycles. The molecule has 2 N–H and O–H groups in total. The summed E-state index contributed by atoms with van der Waals surface area (Å²) in [7, 11) is 0. The molecule has 2 fully saturated rings. The summed E-state index contributed by atoms with van der Waals surface area (Å²) in [5, 5.41) is 5.63. The molecule has 4 aliphatic rings. The first-order valence-electron chi connectivity index (χ1n) is 15.8. The number of halogens is 1. The highest BCUT2D eigenvalue weighted by molar-refractivity contribution is 6.06. The lowest BCUT2D eigenvalue weighted by Crippen LogP contribution is -2.61. The number of fused-ring (bicyclic) bond motifs is 3. The predicted molar refractivity (Wildman–Crippen MR) is 164 cm³/mol. The molecule has 12 heteroatoms. The third kappa shape index (κ3) is 5.69. The van der Waals surface area contributed by atoms with Crippen LogP contribution in [0.1, 0.15) is 82.1 Å². The van der Waals surface area contributed by atoms with Crippen LogP contribution >= 0.6 is 0 Å². The van der Waals surface area contributed by atoms with Crippen molar-refractivity contribution < 1.29 is 37.8 Å². The zero-order valence-corrected chi connectivity index (χ0v) is 26.5. The Morgan fingerprint density at radius 1 is 1.02 bits per heavy atom. The van der Waals surface area contributed by atoms with Gasteiger partial charge in [0.25, 0.3) is 5.91 Å². The molecule has 5 amide bonds. The topological polar surface area (TPSA) is 134 Å². The van der Waals surface area contributed by atoms with Crippen LogP contribution in [0.4, 0.5) is 19.7 Å². The van der Waals surface area contributed by atoms with Gasteiger partial charge in [0.15, 0.2) is 0 Å². The first kappa shape index (κ1) is 31.5. The van der Waals surface area contributed by atoms with E-state index in [1.54, 1.807) is 49.9 Å². The van der Waals surface area contributed by atoms with Gasteiger partial charge in [0.05, 0.1) is 0 Å². The molecule has 6 rings (SSSR count). The smallest absolute Gasteiger partial charge is 0.418 e. The summed E-state index contributed by atoms with van der Waals surface area (Å²) in [4.78, 5) is 68.6. The number of rotatable bonds is 5. The van der Waals surface area contributed by atoms with Gasteiger partial charge in [-0.05, 0) is 107 Å². The Hall–Kier alpha value is -4.48. The van der Waals surface area contributed by atoms with Gasteiger partial charge in [0.1, 0.15) is 23.5 Å². The minimum Gasteiger partial charge on any atom is -0.444 e. The molecule has 2 atom stereocenters. The van der Waals surface area contributed by atoms with Crippen LogP contribution in [0, 0.1) is 5.82 Å². The van der Waals surface area contributed by atoms with E-state index in [2.05, 4.69) is 10.6 Å². The molecule has 0 aromatic heterocycles. The van der Waals surface area contributed by atoms with Crippen molar-refractivity contribution >= 4 is 35.6 Å². The minimum absolute atomic E-state index is 0.176. The van der Waals surface area contributed by atoms with Gasteiger partial charge in [-0.15, -0.1) is 0 Å². The maximum Gasteiger partial charge on any atom is 0.418 e. The van der Waals surface area contributed by atoms with Gasteiger partial charge >= 0.3 is 12.2 Å². The molecule has 244 valence electrons. The van der Waals surface area contributed by atoms with Crippen molar-refractivity contribution in [3.63, 3.8) is 0 Å². The molecule has 46 heavy (non-hydrogen) atoms. The number of hydrogen-bond acceptors (Lipinski definition) is 7. The largest absolute Gasteiger partial charge is 0.444 e. The molecule has 1 spiro atoms. The fourth-order valence-corrected chi connectivity index (χ4v) is 6.82. The first-order valence-corrected chi connectivity index (χ1v) is 15.8. The van der Waals surface area contributed by atoms with Gasteiger partial charge in [0.2, 0.25) is 17.4 Å². The van der Waals surface area contributed by atoms with Crippen molar-refractivity contribution in [3.8, 4) is 0 Å². The molecule has 2 aliphatic heterocycles. The first-order chi connectivity index (χ1) is 21.7. The van der Waals surface area contributed by atoms with Gasteiger partial charge in [0, 0.05) is 30.3 Å². The van der Waals surface area contributed by atoms with Crippen molar-refractivity contribution in [2.75, 3.05) is 11.9 Å². The second-order valence-corrected chi connectivity index (χ2v) is 13.8. The summed E-state index contributed by atoms with van der Waals surface area (Å²) in [6, 6.07) is 9.39. The van der Waals surface area contributed by atoms with E-state index in [1.807, 2.05) is 6.92 Å². The molecule has 1 unspecified atom stereocenters. The van der Waals surface area contributed by atoms with Crippen LogP contribution < -0.4 is 10.6 Å². The average molecular weight is 635 g/mol. The van der Waals surface area contributed by atoms with Crippen LogP contribution in [-0.2, 0) is 48.8 Å². The lowest BCUT2D eigenvalue weighted by molar-refractivity contribution is -0.143. The van der Waals surface area contributed by atoms with Gasteiger partial charge in [-0.1, -0.05) is 12.1 Å². The summed E-state index contributed by atoms with van der Waals surface area (Å²) < 4.78 is 24.9. The summed E-state index contributed by atoms with van der Waals surface area (Å²) in [6.45, 7) is 6.94. The highest BCUT2D eigenvalue weighted by Crippen LogP contribution is 2.46. The number of imide groups is 1. The monoisotopic (exact) mass is 634 g/mol. The van der Waals surface area contributed by atoms with Crippen LogP contribution in [0.25, 0.3) is 0 Å². The molecule has 0 radical (unpaired) electrons. The van der Waals surface area contributed by atoms with E-state index in [9.17, 15) is 28.4 Å². The number of amides is 5. The third-order valence-corrected chi connectivity index (χ3v) is 9.49. The minimum atomic E-state index is -1.54. The quantitative estimate of drug-likeness (QED) is 0.487. The number of alkyl carbamates (subject to hydrolysis) is 1. The zero-order chi connectivity index (χ0) is 33.0. The standard InChI is InChI=1S/C34H39FN4O7/c1-20-6-7-21-16-24(35)9-8-23(21)18-38(20)27(40)19-39-29(42)34(46-31(39)44)15-12-22-17-25(10-11-26(22)34)36-28(41)33(13-5-14-33)37-30(43)45-32(2,3)4/h8-11,16-17,20H,5-7,12-15,18-19H2,1-4H3,(H,36,41)(H,37,43)/t20-,34?/m1/s1. The summed E-state index contributed by atoms with van der Waals surface area (Å²) in [5.74, 6) is -1.68. The molecular formula is C34H39FN4O7. The molecule has 0 bridgehead atoms. The maximum atomic E-state index is 13.8. The maximum absolute atomic E-state index is 13.8. The van der Waals surface area contributed by atoms with E-state index in [0.717, 1.165) is 28.0 Å². The zero-order valence-electron chi connectivity index (χ0n) is 26.5.